The van der Waals surface area contributed by atoms with Crippen LogP contribution in [-0.2, 0) is 16.2 Å². The van der Waals surface area contributed by atoms with Crippen molar-refractivity contribution in [1.82, 2.24) is 0 Å². The van der Waals surface area contributed by atoms with Crippen LogP contribution in [0.1, 0.15) is 69.5 Å². The highest BCUT2D eigenvalue weighted by atomic mass is 15.1. The summed E-state index contributed by atoms with van der Waals surface area (Å²) in [6.07, 6.45) is 0. The van der Waals surface area contributed by atoms with Gasteiger partial charge in [0.15, 0.2) is 0 Å². The molecule has 312 valence electrons. The first kappa shape index (κ1) is 38.5. The van der Waals surface area contributed by atoms with E-state index in [1.54, 1.807) is 0 Å². The summed E-state index contributed by atoms with van der Waals surface area (Å²) in [4.78, 5) is 2.57. The smallest absolute Gasteiger partial charge is 0.0720 e. The van der Waals surface area contributed by atoms with Crippen molar-refractivity contribution in [2.45, 2.75) is 30.1 Å². The lowest BCUT2D eigenvalue weighted by atomic mass is 9.55. The van der Waals surface area contributed by atoms with Crippen molar-refractivity contribution in [3.05, 3.63) is 304 Å². The summed E-state index contributed by atoms with van der Waals surface area (Å²) in [5.74, 6) is 0. The first-order valence-electron chi connectivity index (χ1n) is 23.3. The van der Waals surface area contributed by atoms with Crippen molar-refractivity contribution >= 4 is 17.1 Å². The van der Waals surface area contributed by atoms with Crippen LogP contribution in [0.5, 0.6) is 0 Å². The van der Waals surface area contributed by atoms with Gasteiger partial charge in [-0.15, -0.1) is 0 Å². The van der Waals surface area contributed by atoms with Gasteiger partial charge in [-0.3, -0.25) is 0 Å². The Kier molecular flexibility index (Phi) is 8.45. The summed E-state index contributed by atoms with van der Waals surface area (Å²) >= 11 is 0. The van der Waals surface area contributed by atoms with Crippen LogP contribution in [0.25, 0.3) is 33.4 Å². The Morgan fingerprint density at radius 2 is 0.727 bits per heavy atom. The van der Waals surface area contributed by atoms with Crippen LogP contribution >= 0.6 is 0 Å². The maximum Gasteiger partial charge on any atom is 0.0720 e. The second-order valence-electron chi connectivity index (χ2n) is 18.7. The molecule has 0 atom stereocenters. The van der Waals surface area contributed by atoms with Crippen molar-refractivity contribution in [3.63, 3.8) is 0 Å². The number of anilines is 3. The third-order valence-corrected chi connectivity index (χ3v) is 15.2. The molecule has 0 unspecified atom stereocenters. The minimum Gasteiger partial charge on any atom is -0.309 e. The maximum atomic E-state index is 2.57. The molecular formula is C65H47N. The third-order valence-electron chi connectivity index (χ3n) is 15.2. The molecule has 0 radical (unpaired) electrons. The fourth-order valence-corrected chi connectivity index (χ4v) is 12.6. The van der Waals surface area contributed by atoms with Gasteiger partial charge in [0, 0.05) is 22.2 Å². The van der Waals surface area contributed by atoms with Gasteiger partial charge in [-0.1, -0.05) is 238 Å². The molecule has 0 heterocycles. The number of nitrogens with zero attached hydrogens (tertiary/aromatic N) is 1. The molecular weight excluding hydrogens is 795 g/mol. The van der Waals surface area contributed by atoms with E-state index < -0.39 is 10.8 Å². The molecule has 0 aliphatic heterocycles. The van der Waals surface area contributed by atoms with E-state index in [1.807, 2.05) is 0 Å². The summed E-state index contributed by atoms with van der Waals surface area (Å²) in [6, 6.07) is 93.3. The SMILES string of the molecule is CC1(C)c2ccccc2C2(c3ccccc3-c3c(N(c4ccc5c(c4)C(c4ccccc4)(c4ccccc4)c4ccccc4-5)c4ccccc4-c4ccccc4)cccc32)c2ccccc21. The normalized spacial score (nSPS) is 14.9. The maximum absolute atomic E-state index is 2.57. The highest BCUT2D eigenvalue weighted by Gasteiger charge is 2.54. The molecule has 1 spiro atoms. The van der Waals surface area contributed by atoms with E-state index in [1.165, 1.54) is 89.0 Å². The number of para-hydroxylation sites is 1. The Morgan fingerprint density at radius 3 is 1.35 bits per heavy atom. The van der Waals surface area contributed by atoms with Crippen molar-refractivity contribution in [2.75, 3.05) is 4.90 Å². The largest absolute Gasteiger partial charge is 0.309 e. The Balaban J connectivity index is 1.15. The van der Waals surface area contributed by atoms with Crippen LogP contribution < -0.4 is 4.90 Å². The second-order valence-corrected chi connectivity index (χ2v) is 18.7. The lowest BCUT2D eigenvalue weighted by molar-refractivity contribution is 0.563. The molecule has 13 rings (SSSR count). The number of benzene rings is 10. The minimum absolute atomic E-state index is 0.180. The van der Waals surface area contributed by atoms with Gasteiger partial charge in [0.1, 0.15) is 0 Å². The number of fused-ring (bicyclic) bond motifs is 12. The topological polar surface area (TPSA) is 3.24 Å². The summed E-state index contributed by atoms with van der Waals surface area (Å²) in [7, 11) is 0. The molecule has 3 aliphatic rings. The molecule has 10 aromatic carbocycles. The van der Waals surface area contributed by atoms with Gasteiger partial charge in [0.05, 0.1) is 22.2 Å². The van der Waals surface area contributed by atoms with Gasteiger partial charge < -0.3 is 4.90 Å². The molecule has 0 fully saturated rings. The van der Waals surface area contributed by atoms with E-state index in [0.29, 0.717) is 0 Å². The zero-order chi connectivity index (χ0) is 44.0. The number of hydrogen-bond acceptors (Lipinski definition) is 1. The quantitative estimate of drug-likeness (QED) is 0.161. The average molecular weight is 842 g/mol. The first-order valence-corrected chi connectivity index (χ1v) is 23.3. The van der Waals surface area contributed by atoms with Gasteiger partial charge in [-0.05, 0) is 102 Å². The van der Waals surface area contributed by atoms with Crippen molar-refractivity contribution < 1.29 is 0 Å². The predicted molar refractivity (Wildman–Crippen MR) is 273 cm³/mol. The lowest BCUT2D eigenvalue weighted by Crippen LogP contribution is -2.40. The van der Waals surface area contributed by atoms with Crippen LogP contribution in [0.15, 0.2) is 249 Å². The summed E-state index contributed by atoms with van der Waals surface area (Å²) in [5, 5.41) is 0. The molecule has 1 heteroatoms. The fraction of sp³-hybridized carbons (Fsp3) is 0.0769. The van der Waals surface area contributed by atoms with E-state index >= 15 is 0 Å². The van der Waals surface area contributed by atoms with Gasteiger partial charge in [0.25, 0.3) is 0 Å². The molecule has 66 heavy (non-hydrogen) atoms. The molecule has 0 amide bonds. The average Bonchev–Trinajstić information content (AvgIpc) is 3.85. The minimum atomic E-state index is -0.549. The number of rotatable bonds is 6. The van der Waals surface area contributed by atoms with E-state index in [4.69, 9.17) is 0 Å². The van der Waals surface area contributed by atoms with Crippen molar-refractivity contribution in [2.24, 2.45) is 0 Å². The van der Waals surface area contributed by atoms with E-state index in [2.05, 4.69) is 267 Å². The van der Waals surface area contributed by atoms with Crippen LogP contribution in [0, 0.1) is 0 Å². The van der Waals surface area contributed by atoms with Gasteiger partial charge in [-0.25, -0.2) is 0 Å². The molecule has 0 saturated carbocycles. The van der Waals surface area contributed by atoms with E-state index in [-0.39, 0.29) is 5.41 Å². The van der Waals surface area contributed by atoms with Crippen molar-refractivity contribution in [3.8, 4) is 33.4 Å². The summed E-state index contributed by atoms with van der Waals surface area (Å²) in [5.41, 5.74) is 22.8. The number of hydrogen-bond donors (Lipinski definition) is 0. The predicted octanol–water partition coefficient (Wildman–Crippen LogP) is 16.2. The zero-order valence-electron chi connectivity index (χ0n) is 37.1. The van der Waals surface area contributed by atoms with Gasteiger partial charge in [-0.2, -0.15) is 0 Å². The molecule has 0 saturated heterocycles. The summed E-state index contributed by atoms with van der Waals surface area (Å²) in [6.45, 7) is 4.80. The Labute approximate surface area is 388 Å². The van der Waals surface area contributed by atoms with Crippen LogP contribution in [0.3, 0.4) is 0 Å². The molecule has 10 aromatic rings. The Morgan fingerprint density at radius 1 is 0.288 bits per heavy atom. The van der Waals surface area contributed by atoms with E-state index in [0.717, 1.165) is 17.1 Å². The Bertz CT molecular complexity index is 3420. The standard InChI is InChI=1S/C65H47N/c1-63(2)54-34-17-19-36-56(54)65(57-37-20-18-35-55(57)63)53-33-16-13-31-51(53)62-58(65)38-22-40-61(62)66(60-39-21-14-29-48(60)44-23-6-3-7-24-44)47-41-42-50-49-30-12-15-32-52(49)64(59(50)43-47,45-25-8-4-9-26-45)46-27-10-5-11-28-46/h3-43H,1-2H3. The summed E-state index contributed by atoms with van der Waals surface area (Å²) < 4.78 is 0. The van der Waals surface area contributed by atoms with Gasteiger partial charge in [0.2, 0.25) is 0 Å². The van der Waals surface area contributed by atoms with Gasteiger partial charge >= 0.3 is 0 Å². The molecule has 3 aliphatic carbocycles. The van der Waals surface area contributed by atoms with Crippen LogP contribution in [-0.4, -0.2) is 0 Å². The molecule has 0 aromatic heterocycles. The molecule has 0 bridgehead atoms. The Hall–Kier alpha value is -8.00. The first-order chi connectivity index (χ1) is 32.5. The second kappa shape index (κ2) is 14.5. The molecule has 0 N–H and O–H groups in total. The molecule has 1 nitrogen and oxygen atoms in total. The van der Waals surface area contributed by atoms with Crippen LogP contribution in [0.4, 0.5) is 17.1 Å². The van der Waals surface area contributed by atoms with Crippen LogP contribution in [0.2, 0.25) is 0 Å². The highest BCUT2D eigenvalue weighted by Crippen LogP contribution is 2.65. The fourth-order valence-electron chi connectivity index (χ4n) is 12.6. The van der Waals surface area contributed by atoms with Crippen molar-refractivity contribution in [1.29, 1.82) is 0 Å². The zero-order valence-corrected chi connectivity index (χ0v) is 37.1. The van der Waals surface area contributed by atoms with E-state index in [9.17, 15) is 0 Å². The monoisotopic (exact) mass is 841 g/mol. The lowest BCUT2D eigenvalue weighted by Gasteiger charge is -2.46. The highest BCUT2D eigenvalue weighted by molar-refractivity contribution is 6.01. The third kappa shape index (κ3) is 5.11.